The summed E-state index contributed by atoms with van der Waals surface area (Å²) in [7, 11) is 0. The summed E-state index contributed by atoms with van der Waals surface area (Å²) in [6.45, 7) is 3.09. The molecule has 1 aliphatic heterocycles. The highest BCUT2D eigenvalue weighted by atomic mass is 19.1. The standard InChI is InChI=1S/C23H31FN2O/c1-2-21-10-17-11-22(13-21,20(27)26-9-8-19(25)18(24)12-26)15-23(17,14-21)16-6-4-3-5-7-16/h3-7,17-19H,2,8-15,25H2,1H3/t17?,18-,19-,21?,22?,23?/m0/s1. The molecule has 2 N–H and O–H groups in total. The summed E-state index contributed by atoms with van der Waals surface area (Å²) in [5, 5.41) is 0. The van der Waals surface area contributed by atoms with Gasteiger partial charge in [-0.2, -0.15) is 0 Å². The highest BCUT2D eigenvalue weighted by Gasteiger charge is 2.71. The van der Waals surface area contributed by atoms with Crippen molar-refractivity contribution in [1.29, 1.82) is 0 Å². The first-order valence-corrected chi connectivity index (χ1v) is 10.7. The zero-order valence-corrected chi connectivity index (χ0v) is 16.3. The molecule has 4 bridgehead atoms. The molecule has 4 saturated carbocycles. The predicted molar refractivity (Wildman–Crippen MR) is 104 cm³/mol. The summed E-state index contributed by atoms with van der Waals surface area (Å²) in [5.74, 6) is 0.808. The number of carbonyl (C=O) groups excluding carboxylic acids is 1. The fourth-order valence-electron chi connectivity index (χ4n) is 7.50. The molecule has 6 atom stereocenters. The number of nitrogens with zero attached hydrogens (tertiary/aromatic N) is 1. The Labute approximate surface area is 161 Å². The lowest BCUT2D eigenvalue weighted by atomic mass is 9.57. The van der Waals surface area contributed by atoms with E-state index in [2.05, 4.69) is 37.3 Å². The molecule has 4 heteroatoms. The van der Waals surface area contributed by atoms with E-state index in [1.54, 1.807) is 0 Å². The van der Waals surface area contributed by atoms with Crippen LogP contribution in [0.4, 0.5) is 4.39 Å². The maximum absolute atomic E-state index is 14.2. The van der Waals surface area contributed by atoms with Crippen LogP contribution in [0.3, 0.4) is 0 Å². The van der Waals surface area contributed by atoms with E-state index < -0.39 is 12.2 Å². The molecule has 1 aromatic rings. The number of piperidine rings is 1. The predicted octanol–water partition coefficient (Wildman–Crippen LogP) is 3.81. The average Bonchev–Trinajstić information content (AvgIpc) is 3.06. The Hall–Kier alpha value is -1.42. The SMILES string of the molecule is CCC12CC3CC(C(=O)N4CC[C@H](N)[C@@H](F)C4)(C1)CC3(c1ccccc1)C2. The van der Waals surface area contributed by atoms with Crippen LogP contribution in [0.15, 0.2) is 30.3 Å². The molecular formula is C23H31FN2O. The molecule has 4 unspecified atom stereocenters. The largest absolute Gasteiger partial charge is 0.339 e. The van der Waals surface area contributed by atoms with Crippen molar-refractivity contribution in [2.75, 3.05) is 13.1 Å². The Bertz CT molecular complexity index is 754. The minimum Gasteiger partial charge on any atom is -0.339 e. The van der Waals surface area contributed by atoms with E-state index in [1.807, 2.05) is 4.90 Å². The van der Waals surface area contributed by atoms with E-state index in [-0.39, 0.29) is 28.7 Å². The average molecular weight is 371 g/mol. The summed E-state index contributed by atoms with van der Waals surface area (Å²) < 4.78 is 14.2. The number of benzene rings is 1. The first kappa shape index (κ1) is 17.7. The van der Waals surface area contributed by atoms with Crippen LogP contribution in [-0.2, 0) is 10.2 Å². The molecular weight excluding hydrogens is 339 g/mol. The minimum absolute atomic E-state index is 0.145. The van der Waals surface area contributed by atoms with E-state index in [4.69, 9.17) is 5.73 Å². The molecule has 5 fully saturated rings. The van der Waals surface area contributed by atoms with Crippen molar-refractivity contribution in [3.63, 3.8) is 0 Å². The van der Waals surface area contributed by atoms with Crippen LogP contribution in [0.25, 0.3) is 0 Å². The maximum Gasteiger partial charge on any atom is 0.228 e. The topological polar surface area (TPSA) is 46.3 Å². The van der Waals surface area contributed by atoms with Crippen LogP contribution in [0.1, 0.15) is 57.4 Å². The lowest BCUT2D eigenvalue weighted by molar-refractivity contribution is -0.150. The van der Waals surface area contributed by atoms with Gasteiger partial charge in [-0.15, -0.1) is 0 Å². The van der Waals surface area contributed by atoms with Crippen LogP contribution in [0, 0.1) is 16.7 Å². The molecule has 5 aliphatic rings. The van der Waals surface area contributed by atoms with E-state index in [0.29, 0.717) is 18.9 Å². The number of hydrogen-bond acceptors (Lipinski definition) is 2. The second-order valence-electron chi connectivity index (χ2n) is 10.0. The maximum atomic E-state index is 14.2. The van der Waals surface area contributed by atoms with Gasteiger partial charge in [-0.05, 0) is 60.8 Å². The molecule has 1 saturated heterocycles. The number of carbonyl (C=O) groups is 1. The van der Waals surface area contributed by atoms with Crippen molar-refractivity contribution in [1.82, 2.24) is 4.90 Å². The molecule has 1 amide bonds. The van der Waals surface area contributed by atoms with Crippen LogP contribution < -0.4 is 5.73 Å². The number of nitrogens with two attached hydrogens (primary N) is 1. The zero-order chi connectivity index (χ0) is 18.9. The summed E-state index contributed by atoms with van der Waals surface area (Å²) in [6.07, 6.45) is 6.05. The van der Waals surface area contributed by atoms with E-state index >= 15 is 0 Å². The molecule has 1 heterocycles. The summed E-state index contributed by atoms with van der Waals surface area (Å²) >= 11 is 0. The fourth-order valence-corrected chi connectivity index (χ4v) is 7.50. The van der Waals surface area contributed by atoms with Gasteiger partial charge >= 0.3 is 0 Å². The van der Waals surface area contributed by atoms with Gasteiger partial charge in [-0.25, -0.2) is 4.39 Å². The van der Waals surface area contributed by atoms with E-state index in [1.165, 1.54) is 18.4 Å². The quantitative estimate of drug-likeness (QED) is 0.879. The van der Waals surface area contributed by atoms with Gasteiger partial charge in [0.1, 0.15) is 6.17 Å². The summed E-state index contributed by atoms with van der Waals surface area (Å²) in [5.41, 5.74) is 7.42. The molecule has 0 aromatic heterocycles. The molecule has 0 radical (unpaired) electrons. The van der Waals surface area contributed by atoms with Gasteiger partial charge in [0.25, 0.3) is 0 Å². The monoisotopic (exact) mass is 370 g/mol. The Balaban J connectivity index is 1.50. The lowest BCUT2D eigenvalue weighted by Crippen LogP contribution is -2.56. The number of likely N-dealkylation sites (tertiary alicyclic amines) is 1. The summed E-state index contributed by atoms with van der Waals surface area (Å²) in [6, 6.07) is 10.5. The first-order chi connectivity index (χ1) is 12.9. The van der Waals surface area contributed by atoms with Crippen molar-refractivity contribution < 1.29 is 9.18 Å². The molecule has 27 heavy (non-hydrogen) atoms. The molecule has 4 aliphatic carbocycles. The van der Waals surface area contributed by atoms with Crippen LogP contribution >= 0.6 is 0 Å². The van der Waals surface area contributed by atoms with Crippen molar-refractivity contribution >= 4 is 5.91 Å². The van der Waals surface area contributed by atoms with Gasteiger partial charge in [-0.1, -0.05) is 43.7 Å². The summed E-state index contributed by atoms with van der Waals surface area (Å²) in [4.78, 5) is 15.5. The van der Waals surface area contributed by atoms with E-state index in [0.717, 1.165) is 25.7 Å². The molecule has 0 spiro atoms. The van der Waals surface area contributed by atoms with Crippen molar-refractivity contribution in [2.45, 2.75) is 69.5 Å². The number of halogens is 1. The van der Waals surface area contributed by atoms with Crippen LogP contribution in [0.5, 0.6) is 0 Å². The first-order valence-electron chi connectivity index (χ1n) is 10.7. The highest BCUT2D eigenvalue weighted by Crippen LogP contribution is 2.76. The Morgan fingerprint density at radius 3 is 2.70 bits per heavy atom. The number of alkyl halides is 1. The van der Waals surface area contributed by atoms with Crippen LogP contribution in [0.2, 0.25) is 0 Å². The number of rotatable bonds is 3. The third-order valence-corrected chi connectivity index (χ3v) is 8.59. The number of hydrogen-bond donors (Lipinski definition) is 1. The fraction of sp³-hybridized carbons (Fsp3) is 0.696. The third-order valence-electron chi connectivity index (χ3n) is 8.59. The number of amides is 1. The lowest BCUT2D eigenvalue weighted by Gasteiger charge is -2.49. The Kier molecular flexibility index (Phi) is 3.79. The van der Waals surface area contributed by atoms with Gasteiger partial charge in [0.2, 0.25) is 5.91 Å². The van der Waals surface area contributed by atoms with Gasteiger partial charge in [-0.3, -0.25) is 4.79 Å². The van der Waals surface area contributed by atoms with E-state index in [9.17, 15) is 9.18 Å². The smallest absolute Gasteiger partial charge is 0.228 e. The minimum atomic E-state index is -1.09. The second-order valence-corrected chi connectivity index (χ2v) is 10.0. The second kappa shape index (κ2) is 5.79. The molecule has 6 rings (SSSR count). The Morgan fingerprint density at radius 1 is 1.22 bits per heavy atom. The molecule has 1 aromatic carbocycles. The van der Waals surface area contributed by atoms with Crippen molar-refractivity contribution in [2.24, 2.45) is 22.5 Å². The normalized spacial score (nSPS) is 45.4. The van der Waals surface area contributed by atoms with Gasteiger partial charge in [0, 0.05) is 12.6 Å². The van der Waals surface area contributed by atoms with Crippen molar-refractivity contribution in [3.8, 4) is 0 Å². The Morgan fingerprint density at radius 2 is 2.00 bits per heavy atom. The van der Waals surface area contributed by atoms with Crippen molar-refractivity contribution in [3.05, 3.63) is 35.9 Å². The van der Waals surface area contributed by atoms with Gasteiger partial charge in [0.05, 0.1) is 12.0 Å². The zero-order valence-electron chi connectivity index (χ0n) is 16.3. The molecule has 3 nitrogen and oxygen atoms in total. The third kappa shape index (κ3) is 2.38. The molecule has 146 valence electrons. The highest BCUT2D eigenvalue weighted by molar-refractivity contribution is 5.84. The van der Waals surface area contributed by atoms with Gasteiger partial charge < -0.3 is 10.6 Å². The van der Waals surface area contributed by atoms with Gasteiger partial charge in [0.15, 0.2) is 0 Å². The van der Waals surface area contributed by atoms with Crippen LogP contribution in [-0.4, -0.2) is 36.1 Å².